The molecular formula is C34H36F3N5O2S. The molecule has 45 heavy (non-hydrogen) atoms. The fourth-order valence-electron chi connectivity index (χ4n) is 5.29. The molecule has 0 saturated carbocycles. The summed E-state index contributed by atoms with van der Waals surface area (Å²) in [5.41, 5.74) is 6.19. The van der Waals surface area contributed by atoms with Gasteiger partial charge in [-0.1, -0.05) is 68.4 Å². The number of nitrogens with zero attached hydrogens (tertiary/aromatic N) is 5. The molecule has 1 aromatic heterocycles. The highest BCUT2D eigenvalue weighted by Crippen LogP contribution is 2.31. The molecule has 1 saturated heterocycles. The number of hydrogen-bond acceptors (Lipinski definition) is 5. The van der Waals surface area contributed by atoms with Crippen molar-refractivity contribution in [1.29, 1.82) is 0 Å². The van der Waals surface area contributed by atoms with Gasteiger partial charge in [0.15, 0.2) is 11.0 Å². The van der Waals surface area contributed by atoms with Gasteiger partial charge in [0, 0.05) is 30.0 Å². The quantitative estimate of drug-likeness (QED) is 0.165. The normalized spacial score (nSPS) is 15.1. The zero-order valence-corrected chi connectivity index (χ0v) is 26.4. The molecule has 1 aliphatic rings. The SMILES string of the molecule is CCCc1ccc(C)cc1N1CCSC1=NC(=O)CCCC(C)c1ccc(-c2ncn(-c3ccc(OC(F)(F)F)cc3)n2)cc1. The summed E-state index contributed by atoms with van der Waals surface area (Å²) >= 11 is 1.65. The molecule has 3 aromatic carbocycles. The number of amides is 1. The van der Waals surface area contributed by atoms with E-state index in [0.29, 0.717) is 17.9 Å². The first-order valence-electron chi connectivity index (χ1n) is 15.1. The standard InChI is InChI=1S/C34H36F3N5O2S/c1-4-6-26-10-9-23(2)21-30(26)41-19-20-45-33(41)39-31(43)8-5-7-24(3)25-11-13-27(14-12-25)32-38-22-42(40-32)28-15-17-29(18-16-28)44-34(35,36)37/h9-18,21-22,24H,4-8,19-20H2,1-3H3. The third-order valence-corrected chi connectivity index (χ3v) is 8.60. The predicted octanol–water partition coefficient (Wildman–Crippen LogP) is 8.50. The van der Waals surface area contributed by atoms with E-state index in [2.05, 4.69) is 63.7 Å². The zero-order chi connectivity index (χ0) is 32.0. The number of rotatable bonds is 11. The summed E-state index contributed by atoms with van der Waals surface area (Å²) in [6, 6.07) is 19.9. The topological polar surface area (TPSA) is 72.6 Å². The minimum atomic E-state index is -4.74. The lowest BCUT2D eigenvalue weighted by Crippen LogP contribution is -2.26. The van der Waals surface area contributed by atoms with Gasteiger partial charge in [-0.05, 0) is 79.1 Å². The van der Waals surface area contributed by atoms with Crippen molar-refractivity contribution in [2.75, 3.05) is 17.2 Å². The molecule has 1 amide bonds. The van der Waals surface area contributed by atoms with E-state index in [1.54, 1.807) is 11.8 Å². The van der Waals surface area contributed by atoms with Crippen LogP contribution in [0.4, 0.5) is 18.9 Å². The Morgan fingerprint density at radius 3 is 2.56 bits per heavy atom. The van der Waals surface area contributed by atoms with Crippen molar-refractivity contribution >= 4 is 28.5 Å². The Morgan fingerprint density at radius 1 is 1.09 bits per heavy atom. The number of carbonyl (C=O) groups is 1. The first-order chi connectivity index (χ1) is 21.6. The molecule has 0 bridgehead atoms. The Bertz CT molecular complexity index is 1640. The van der Waals surface area contributed by atoms with Crippen LogP contribution in [0.2, 0.25) is 0 Å². The molecule has 236 valence electrons. The third kappa shape index (κ3) is 8.54. The molecule has 2 heterocycles. The molecule has 4 aromatic rings. The Kier molecular flexibility index (Phi) is 10.3. The summed E-state index contributed by atoms with van der Waals surface area (Å²) in [5.74, 6) is 1.29. The van der Waals surface area contributed by atoms with Gasteiger partial charge in [-0.3, -0.25) is 4.79 Å². The van der Waals surface area contributed by atoms with Crippen molar-refractivity contribution in [2.45, 2.75) is 65.2 Å². The molecular weight excluding hydrogens is 599 g/mol. The van der Waals surface area contributed by atoms with Gasteiger partial charge in [-0.2, -0.15) is 4.99 Å². The maximum Gasteiger partial charge on any atom is 0.573 e. The number of aliphatic imine (C=N–C) groups is 1. The van der Waals surface area contributed by atoms with E-state index in [1.807, 2.05) is 24.3 Å². The molecule has 1 aliphatic heterocycles. The zero-order valence-electron chi connectivity index (χ0n) is 25.6. The molecule has 0 aliphatic carbocycles. The van der Waals surface area contributed by atoms with Crippen LogP contribution in [0, 0.1) is 6.92 Å². The van der Waals surface area contributed by atoms with Crippen LogP contribution >= 0.6 is 11.8 Å². The Labute approximate surface area is 265 Å². The number of aryl methyl sites for hydroxylation is 2. The first kappa shape index (κ1) is 32.3. The van der Waals surface area contributed by atoms with Crippen LogP contribution in [0.5, 0.6) is 5.75 Å². The number of thioether (sulfide) groups is 1. The number of hydrogen-bond donors (Lipinski definition) is 0. The number of ether oxygens (including phenoxy) is 1. The van der Waals surface area contributed by atoms with Crippen LogP contribution in [-0.4, -0.2) is 44.5 Å². The molecule has 7 nitrogen and oxygen atoms in total. The van der Waals surface area contributed by atoms with Crippen LogP contribution < -0.4 is 9.64 Å². The lowest BCUT2D eigenvalue weighted by Gasteiger charge is -2.22. The van der Waals surface area contributed by atoms with Crippen LogP contribution in [-0.2, 0) is 11.2 Å². The second-order valence-electron chi connectivity index (χ2n) is 11.1. The van der Waals surface area contributed by atoms with E-state index in [4.69, 9.17) is 0 Å². The molecule has 0 radical (unpaired) electrons. The van der Waals surface area contributed by atoms with Crippen molar-refractivity contribution in [1.82, 2.24) is 14.8 Å². The van der Waals surface area contributed by atoms with E-state index >= 15 is 0 Å². The highest BCUT2D eigenvalue weighted by Gasteiger charge is 2.31. The van der Waals surface area contributed by atoms with E-state index in [9.17, 15) is 18.0 Å². The second-order valence-corrected chi connectivity index (χ2v) is 12.2. The summed E-state index contributed by atoms with van der Waals surface area (Å²) in [7, 11) is 0. The highest BCUT2D eigenvalue weighted by molar-refractivity contribution is 8.14. The maximum absolute atomic E-state index is 12.9. The van der Waals surface area contributed by atoms with E-state index in [-0.39, 0.29) is 17.6 Å². The van der Waals surface area contributed by atoms with E-state index in [1.165, 1.54) is 52.1 Å². The Morgan fingerprint density at radius 2 is 1.84 bits per heavy atom. The van der Waals surface area contributed by atoms with Crippen molar-refractivity contribution in [3.8, 4) is 22.8 Å². The van der Waals surface area contributed by atoms with Crippen LogP contribution in [0.3, 0.4) is 0 Å². The minimum Gasteiger partial charge on any atom is -0.406 e. The summed E-state index contributed by atoms with van der Waals surface area (Å²) in [4.78, 5) is 23.9. The monoisotopic (exact) mass is 635 g/mol. The van der Waals surface area contributed by atoms with E-state index in [0.717, 1.165) is 54.3 Å². The second kappa shape index (κ2) is 14.3. The fourth-order valence-corrected chi connectivity index (χ4v) is 6.26. The lowest BCUT2D eigenvalue weighted by molar-refractivity contribution is -0.274. The lowest BCUT2D eigenvalue weighted by atomic mass is 9.94. The smallest absolute Gasteiger partial charge is 0.406 e. The number of benzene rings is 3. The van der Waals surface area contributed by atoms with Gasteiger partial charge in [0.05, 0.1) is 5.69 Å². The summed E-state index contributed by atoms with van der Waals surface area (Å²) in [6.45, 7) is 7.27. The largest absolute Gasteiger partial charge is 0.573 e. The van der Waals surface area contributed by atoms with Gasteiger partial charge >= 0.3 is 6.36 Å². The average molecular weight is 636 g/mol. The Balaban J connectivity index is 1.14. The van der Waals surface area contributed by atoms with Crippen LogP contribution in [0.1, 0.15) is 62.1 Å². The predicted molar refractivity (Wildman–Crippen MR) is 173 cm³/mol. The average Bonchev–Trinajstić information content (AvgIpc) is 3.68. The molecule has 5 rings (SSSR count). The fraction of sp³-hybridized carbons (Fsp3) is 0.353. The number of carbonyl (C=O) groups excluding carboxylic acids is 1. The van der Waals surface area contributed by atoms with Crippen molar-refractivity contribution in [2.24, 2.45) is 4.99 Å². The third-order valence-electron chi connectivity index (χ3n) is 7.64. The van der Waals surface area contributed by atoms with Crippen LogP contribution in [0.25, 0.3) is 17.1 Å². The van der Waals surface area contributed by atoms with Crippen molar-refractivity contribution in [3.05, 3.63) is 89.7 Å². The molecule has 11 heteroatoms. The van der Waals surface area contributed by atoms with E-state index < -0.39 is 6.36 Å². The van der Waals surface area contributed by atoms with Crippen molar-refractivity contribution in [3.63, 3.8) is 0 Å². The highest BCUT2D eigenvalue weighted by atomic mass is 32.2. The van der Waals surface area contributed by atoms with Crippen molar-refractivity contribution < 1.29 is 22.7 Å². The first-order valence-corrected chi connectivity index (χ1v) is 16.1. The Hall–Kier alpha value is -4.12. The number of aromatic nitrogens is 3. The van der Waals surface area contributed by atoms with Gasteiger partial charge in [0.1, 0.15) is 12.1 Å². The molecule has 1 fully saturated rings. The van der Waals surface area contributed by atoms with Crippen LogP contribution in [0.15, 0.2) is 78.0 Å². The number of alkyl halides is 3. The number of anilines is 1. The van der Waals surface area contributed by atoms with Gasteiger partial charge in [0.25, 0.3) is 0 Å². The maximum atomic E-state index is 12.9. The summed E-state index contributed by atoms with van der Waals surface area (Å²) in [5, 5.41) is 5.27. The molecule has 1 atom stereocenters. The molecule has 0 spiro atoms. The molecule has 0 N–H and O–H groups in total. The minimum absolute atomic E-state index is 0.0826. The number of halogens is 3. The van der Waals surface area contributed by atoms with Gasteiger partial charge in [-0.25, -0.2) is 9.67 Å². The molecule has 1 unspecified atom stereocenters. The van der Waals surface area contributed by atoms with Gasteiger partial charge in [-0.15, -0.1) is 18.3 Å². The summed E-state index contributed by atoms with van der Waals surface area (Å²) < 4.78 is 42.7. The van der Waals surface area contributed by atoms with Gasteiger partial charge < -0.3 is 9.64 Å². The van der Waals surface area contributed by atoms with Gasteiger partial charge in [0.2, 0.25) is 5.91 Å². The summed E-state index contributed by atoms with van der Waals surface area (Å²) in [6.07, 6.45) is 0.837. The number of amidine groups is 1.